The van der Waals surface area contributed by atoms with Gasteiger partial charge in [0.1, 0.15) is 6.07 Å². The smallest absolute Gasteiger partial charge is 0.195 e. The van der Waals surface area contributed by atoms with E-state index in [1.165, 1.54) is 101 Å². The van der Waals surface area contributed by atoms with Crippen molar-refractivity contribution in [3.05, 3.63) is 59.4 Å². The zero-order chi connectivity index (χ0) is 22.6. The first-order valence-corrected chi connectivity index (χ1v) is 13.2. The van der Waals surface area contributed by atoms with E-state index < -0.39 is 5.83 Å². The number of aryl methyl sites for hydroxylation is 1. The first-order valence-electron chi connectivity index (χ1n) is 13.2. The summed E-state index contributed by atoms with van der Waals surface area (Å²) in [4.78, 5) is 0. The summed E-state index contributed by atoms with van der Waals surface area (Å²) >= 11 is 0. The molecule has 0 amide bonds. The van der Waals surface area contributed by atoms with E-state index in [0.717, 1.165) is 30.1 Å². The molecule has 0 radical (unpaired) electrons. The first-order chi connectivity index (χ1) is 15.7. The number of hydrogen-bond acceptors (Lipinski definition) is 1. The van der Waals surface area contributed by atoms with Crippen molar-refractivity contribution in [3.63, 3.8) is 0 Å². The zero-order valence-electron chi connectivity index (χ0n) is 20.1. The Balaban J connectivity index is 1.28. The highest BCUT2D eigenvalue weighted by molar-refractivity contribution is 5.26. The quantitative estimate of drug-likeness (QED) is 0.265. The van der Waals surface area contributed by atoms with Crippen LogP contribution in [0, 0.1) is 29.1 Å². The van der Waals surface area contributed by atoms with E-state index in [1.807, 2.05) is 6.08 Å². The van der Waals surface area contributed by atoms with Crippen molar-refractivity contribution in [2.75, 3.05) is 0 Å². The summed E-state index contributed by atoms with van der Waals surface area (Å²) in [5.74, 6) is 2.81. The maximum absolute atomic E-state index is 12.7. The average molecular weight is 436 g/mol. The monoisotopic (exact) mass is 435 g/mol. The first kappa shape index (κ1) is 24.8. The minimum atomic E-state index is -0.712. The second kappa shape index (κ2) is 13.6. The van der Waals surface area contributed by atoms with Crippen LogP contribution in [0.25, 0.3) is 0 Å². The molecule has 0 aromatic heterocycles. The molecule has 1 nitrogen and oxygen atoms in total. The van der Waals surface area contributed by atoms with Gasteiger partial charge in [0, 0.05) is 0 Å². The third kappa shape index (κ3) is 8.23. The molecule has 2 aliphatic carbocycles. The van der Waals surface area contributed by atoms with Crippen molar-refractivity contribution in [2.45, 2.75) is 103 Å². The molecule has 0 saturated heterocycles. The molecule has 0 bridgehead atoms. The Hall–Kier alpha value is -1.88. The molecule has 2 saturated carbocycles. The molecule has 1 aromatic carbocycles. The lowest BCUT2D eigenvalue weighted by molar-refractivity contribution is 0.225. The fraction of sp³-hybridized carbons (Fsp3) is 0.633. The molecule has 0 unspecified atom stereocenters. The summed E-state index contributed by atoms with van der Waals surface area (Å²) in [6.45, 7) is 2.25. The Morgan fingerprint density at radius 3 is 2.03 bits per heavy atom. The summed E-state index contributed by atoms with van der Waals surface area (Å²) < 4.78 is 12.7. The summed E-state index contributed by atoms with van der Waals surface area (Å²) in [6, 6.07) is 11.0. The van der Waals surface area contributed by atoms with Crippen LogP contribution >= 0.6 is 0 Å². The van der Waals surface area contributed by atoms with Crippen LogP contribution in [0.2, 0.25) is 0 Å². The van der Waals surface area contributed by atoms with Gasteiger partial charge in [-0.05, 0) is 85.8 Å². The second-order valence-electron chi connectivity index (χ2n) is 10.3. The van der Waals surface area contributed by atoms with Crippen molar-refractivity contribution in [3.8, 4) is 6.07 Å². The number of hydrogen-bond donors (Lipinski definition) is 0. The molecule has 174 valence electrons. The van der Waals surface area contributed by atoms with Gasteiger partial charge in [0.25, 0.3) is 0 Å². The fourth-order valence-corrected chi connectivity index (χ4v) is 5.93. The average Bonchev–Trinajstić information content (AvgIpc) is 2.84. The van der Waals surface area contributed by atoms with Gasteiger partial charge in [-0.25, -0.2) is 0 Å². The minimum absolute atomic E-state index is 0.712. The third-order valence-corrected chi connectivity index (χ3v) is 8.01. The van der Waals surface area contributed by atoms with Crippen LogP contribution in [0.4, 0.5) is 4.39 Å². The van der Waals surface area contributed by atoms with Gasteiger partial charge < -0.3 is 0 Å². The maximum Gasteiger partial charge on any atom is 0.199 e. The van der Waals surface area contributed by atoms with Crippen LogP contribution in [0.5, 0.6) is 0 Å². The second-order valence-corrected chi connectivity index (χ2v) is 10.3. The standard InChI is InChI=1S/C30H42FN/c1-2-6-24-15-19-28(20-16-24)29-21-17-27(18-22-29)14-13-26-11-9-25(10-12-26)7-4-3-5-8-30(31)23-32/h3,5,8,15-16,19-20,25-27,29H,2,4,6-7,9-14,17-18,21-22H2,1H3/b5-3+,30-8-/t25-,26-,27-,29-. The topological polar surface area (TPSA) is 23.8 Å². The molecule has 0 spiro atoms. The lowest BCUT2D eigenvalue weighted by Gasteiger charge is -2.32. The van der Waals surface area contributed by atoms with Gasteiger partial charge in [-0.15, -0.1) is 0 Å². The molecule has 2 aliphatic rings. The Labute approximate surface area is 195 Å². The SMILES string of the molecule is CCCc1ccc([C@H]2CC[C@H](CC[C@H]3CC[C@H](CC/C=C/C=C(\F)C#N)CC3)CC2)cc1. The van der Waals surface area contributed by atoms with Gasteiger partial charge in [-0.3, -0.25) is 0 Å². The number of benzene rings is 1. The van der Waals surface area contributed by atoms with Gasteiger partial charge in [-0.2, -0.15) is 9.65 Å². The van der Waals surface area contributed by atoms with Crippen LogP contribution < -0.4 is 0 Å². The van der Waals surface area contributed by atoms with E-state index in [1.54, 1.807) is 11.6 Å². The predicted molar refractivity (Wildman–Crippen MR) is 133 cm³/mol. The van der Waals surface area contributed by atoms with Gasteiger partial charge in [0.15, 0.2) is 5.83 Å². The molecule has 32 heavy (non-hydrogen) atoms. The fourth-order valence-electron chi connectivity index (χ4n) is 5.93. The molecule has 2 heteroatoms. The Morgan fingerprint density at radius 1 is 0.906 bits per heavy atom. The summed E-state index contributed by atoms with van der Waals surface area (Å²) in [5, 5.41) is 8.40. The van der Waals surface area contributed by atoms with Crippen molar-refractivity contribution in [2.24, 2.45) is 17.8 Å². The molecule has 0 aliphatic heterocycles. The molecule has 0 heterocycles. The molecule has 0 N–H and O–H groups in total. The van der Waals surface area contributed by atoms with Crippen LogP contribution in [0.3, 0.4) is 0 Å². The van der Waals surface area contributed by atoms with Gasteiger partial charge >= 0.3 is 0 Å². The van der Waals surface area contributed by atoms with Crippen LogP contribution in [0.15, 0.2) is 48.3 Å². The lowest BCUT2D eigenvalue weighted by Crippen LogP contribution is -2.17. The van der Waals surface area contributed by atoms with Gasteiger partial charge in [-0.1, -0.05) is 88.3 Å². The van der Waals surface area contributed by atoms with Crippen LogP contribution in [0.1, 0.15) is 107 Å². The van der Waals surface area contributed by atoms with E-state index in [0.29, 0.717) is 0 Å². The van der Waals surface area contributed by atoms with E-state index in [9.17, 15) is 4.39 Å². The summed E-state index contributed by atoms with van der Waals surface area (Å²) in [7, 11) is 0. The highest BCUT2D eigenvalue weighted by Crippen LogP contribution is 2.40. The van der Waals surface area contributed by atoms with Gasteiger partial charge in [0.2, 0.25) is 0 Å². The Bertz CT molecular complexity index is 753. The zero-order valence-corrected chi connectivity index (χ0v) is 20.1. The third-order valence-electron chi connectivity index (χ3n) is 8.01. The van der Waals surface area contributed by atoms with Crippen molar-refractivity contribution in [1.82, 2.24) is 0 Å². The maximum atomic E-state index is 12.7. The van der Waals surface area contributed by atoms with E-state index in [2.05, 4.69) is 31.2 Å². The van der Waals surface area contributed by atoms with Crippen molar-refractivity contribution < 1.29 is 4.39 Å². The minimum Gasteiger partial charge on any atom is -0.195 e. The Morgan fingerprint density at radius 2 is 1.47 bits per heavy atom. The number of nitriles is 1. The normalized spacial score (nSPS) is 26.8. The summed E-state index contributed by atoms with van der Waals surface area (Å²) in [6.07, 6.45) is 23.6. The van der Waals surface area contributed by atoms with Crippen molar-refractivity contribution in [1.29, 1.82) is 5.26 Å². The molecule has 1 aromatic rings. The van der Waals surface area contributed by atoms with E-state index in [-0.39, 0.29) is 0 Å². The molecule has 2 fully saturated rings. The molecule has 0 atom stereocenters. The number of allylic oxidation sites excluding steroid dienone is 4. The van der Waals surface area contributed by atoms with Crippen molar-refractivity contribution >= 4 is 0 Å². The van der Waals surface area contributed by atoms with Gasteiger partial charge in [0.05, 0.1) is 0 Å². The largest absolute Gasteiger partial charge is 0.199 e. The van der Waals surface area contributed by atoms with Crippen LogP contribution in [-0.4, -0.2) is 0 Å². The van der Waals surface area contributed by atoms with Crippen LogP contribution in [-0.2, 0) is 6.42 Å². The highest BCUT2D eigenvalue weighted by Gasteiger charge is 2.25. The Kier molecular flexibility index (Phi) is 10.5. The highest BCUT2D eigenvalue weighted by atomic mass is 19.1. The van der Waals surface area contributed by atoms with E-state index in [4.69, 9.17) is 5.26 Å². The van der Waals surface area contributed by atoms with E-state index >= 15 is 0 Å². The number of rotatable bonds is 10. The summed E-state index contributed by atoms with van der Waals surface area (Å²) in [5.41, 5.74) is 3.06. The number of halogens is 1. The molecular weight excluding hydrogens is 393 g/mol. The molecule has 3 rings (SSSR count). The molecular formula is C30H42FN. The lowest BCUT2D eigenvalue weighted by atomic mass is 9.74. The predicted octanol–water partition coefficient (Wildman–Crippen LogP) is 9.21. The number of nitrogens with zero attached hydrogens (tertiary/aromatic N) is 1.